The first-order chi connectivity index (χ1) is 11.5. The van der Waals surface area contributed by atoms with Gasteiger partial charge in [0.2, 0.25) is 0 Å². The van der Waals surface area contributed by atoms with Crippen LogP contribution in [-0.2, 0) is 19.6 Å². The van der Waals surface area contributed by atoms with Crippen LogP contribution in [0.1, 0.15) is 96.8 Å². The van der Waals surface area contributed by atoms with Crippen LogP contribution in [0.5, 0.6) is 0 Å². The first-order valence-electron chi connectivity index (χ1n) is 9.56. The van der Waals surface area contributed by atoms with Crippen molar-refractivity contribution in [2.45, 2.75) is 96.8 Å². The van der Waals surface area contributed by atoms with Crippen LogP contribution in [0.25, 0.3) is 0 Å². The fourth-order valence-electron chi connectivity index (χ4n) is 2.67. The van der Waals surface area contributed by atoms with Gasteiger partial charge in [-0.2, -0.15) is 8.42 Å². The van der Waals surface area contributed by atoms with Gasteiger partial charge in [0.15, 0.2) is 5.75 Å². The van der Waals surface area contributed by atoms with Crippen molar-refractivity contribution in [3.63, 3.8) is 0 Å². The molecule has 0 aromatic carbocycles. The summed E-state index contributed by atoms with van der Waals surface area (Å²) in [4.78, 5) is 11.0. The number of carbonyl (C=O) groups excluding carboxylic acids is 1. The minimum atomic E-state index is -4.27. The molecule has 144 valence electrons. The van der Waals surface area contributed by atoms with Crippen LogP contribution in [0, 0.1) is 0 Å². The zero-order valence-electron chi connectivity index (χ0n) is 16.3. The Morgan fingerprint density at radius 2 is 1.12 bits per heavy atom. The van der Waals surface area contributed by atoms with Gasteiger partial charge in [-0.05, 0) is 6.42 Å². The van der Waals surface area contributed by atoms with Gasteiger partial charge in [-0.1, -0.05) is 90.4 Å². The molecule has 0 fully saturated rings. The van der Waals surface area contributed by atoms with Gasteiger partial charge in [-0.3, -0.25) is 9.35 Å². The maximum Gasteiger partial charge on any atom is 1.00 e. The van der Waals surface area contributed by atoms with Gasteiger partial charge in [0.05, 0.1) is 6.61 Å². The molecule has 0 saturated heterocycles. The summed E-state index contributed by atoms with van der Waals surface area (Å²) in [7, 11) is -4.27. The summed E-state index contributed by atoms with van der Waals surface area (Å²) < 4.78 is 34.1. The van der Waals surface area contributed by atoms with Crippen LogP contribution in [0.4, 0.5) is 0 Å². The largest absolute Gasteiger partial charge is 1.00 e. The van der Waals surface area contributed by atoms with E-state index in [0.29, 0.717) is 0 Å². The maximum absolute atomic E-state index is 11.0. The Morgan fingerprint density at radius 1 is 0.760 bits per heavy atom. The van der Waals surface area contributed by atoms with Gasteiger partial charge >= 0.3 is 35.5 Å². The zero-order chi connectivity index (χ0) is 18.1. The number of rotatable bonds is 17. The molecule has 0 saturated carbocycles. The molecule has 5 nitrogen and oxygen atoms in total. The second-order valence-electron chi connectivity index (χ2n) is 6.54. The zero-order valence-corrected chi connectivity index (χ0v) is 19.1. The second kappa shape index (κ2) is 19.2. The van der Waals surface area contributed by atoms with Crippen molar-refractivity contribution in [1.82, 2.24) is 0 Å². The molecule has 0 aromatic heterocycles. The van der Waals surface area contributed by atoms with Crippen LogP contribution in [0.3, 0.4) is 0 Å². The molecule has 25 heavy (non-hydrogen) atoms. The molecule has 0 unspecified atom stereocenters. The van der Waals surface area contributed by atoms with E-state index < -0.39 is 21.8 Å². The van der Waals surface area contributed by atoms with Crippen LogP contribution >= 0.6 is 0 Å². The Kier molecular flexibility index (Phi) is 21.1. The summed E-state index contributed by atoms with van der Waals surface area (Å²) >= 11 is 0. The average Bonchev–Trinajstić information content (AvgIpc) is 2.49. The first-order valence-corrected chi connectivity index (χ1v) is 11.2. The monoisotopic (exact) mass is 387 g/mol. The van der Waals surface area contributed by atoms with Crippen LogP contribution < -0.4 is 29.6 Å². The molecular weight excluding hydrogens is 351 g/mol. The molecule has 0 bridgehead atoms. The molecule has 7 heteroatoms. The Labute approximate surface area is 176 Å². The molecule has 0 radical (unpaired) electrons. The predicted molar refractivity (Wildman–Crippen MR) is 97.7 cm³/mol. The van der Waals surface area contributed by atoms with E-state index in [4.69, 9.17) is 9.29 Å². The third kappa shape index (κ3) is 24.4. The Morgan fingerprint density at radius 3 is 1.48 bits per heavy atom. The molecule has 0 aliphatic carbocycles. The first kappa shape index (κ1) is 27.6. The van der Waals surface area contributed by atoms with Crippen LogP contribution in [-0.4, -0.2) is 31.3 Å². The quantitative estimate of drug-likeness (QED) is 0.178. The molecular formula is C18H36NaO5S+. The molecule has 0 aliphatic heterocycles. The van der Waals surface area contributed by atoms with Gasteiger partial charge in [0.1, 0.15) is 0 Å². The number of hydrogen-bond donors (Lipinski definition) is 1. The van der Waals surface area contributed by atoms with Gasteiger partial charge < -0.3 is 4.74 Å². The molecule has 1 N–H and O–H groups in total. The van der Waals surface area contributed by atoms with Crippen molar-refractivity contribution in [3.05, 3.63) is 0 Å². The van der Waals surface area contributed by atoms with E-state index >= 15 is 0 Å². The summed E-state index contributed by atoms with van der Waals surface area (Å²) in [6.07, 6.45) is 17.5. The molecule has 0 atom stereocenters. The minimum Gasteiger partial charge on any atom is -0.465 e. The molecule has 0 spiro atoms. The number of carbonyl (C=O) groups is 1. The van der Waals surface area contributed by atoms with Crippen molar-refractivity contribution >= 4 is 16.1 Å². The molecule has 0 aliphatic rings. The summed E-state index contributed by atoms with van der Waals surface area (Å²) in [5.74, 6) is -1.84. The van der Waals surface area contributed by atoms with Gasteiger partial charge in [0, 0.05) is 0 Å². The third-order valence-electron chi connectivity index (χ3n) is 4.06. The van der Waals surface area contributed by atoms with Gasteiger partial charge in [-0.25, -0.2) is 0 Å². The minimum absolute atomic E-state index is 0. The predicted octanol–water partition coefficient (Wildman–Crippen LogP) is 1.90. The summed E-state index contributed by atoms with van der Waals surface area (Å²) in [5.41, 5.74) is 0. The smallest absolute Gasteiger partial charge is 0.465 e. The Hall–Kier alpha value is 0.380. The van der Waals surface area contributed by atoms with E-state index in [1.807, 2.05) is 0 Å². The summed E-state index contributed by atoms with van der Waals surface area (Å²) in [6.45, 7) is 2.48. The van der Waals surface area contributed by atoms with Crippen molar-refractivity contribution in [1.29, 1.82) is 0 Å². The standard InChI is InChI=1S/C18H36O5S.Na/c1-2-3-4-5-6-7-8-9-10-11-12-13-14-15-16-23-18(19)17-24(20,21)22;/h2-17H2,1H3,(H,20,21,22);/q;+1. The summed E-state index contributed by atoms with van der Waals surface area (Å²) in [6, 6.07) is 0. The van der Waals surface area contributed by atoms with E-state index in [-0.39, 0.29) is 36.2 Å². The van der Waals surface area contributed by atoms with Gasteiger partial charge in [0.25, 0.3) is 10.1 Å². The van der Waals surface area contributed by atoms with E-state index in [1.165, 1.54) is 70.6 Å². The van der Waals surface area contributed by atoms with E-state index in [9.17, 15) is 13.2 Å². The van der Waals surface area contributed by atoms with Crippen molar-refractivity contribution in [2.75, 3.05) is 12.4 Å². The average molecular weight is 388 g/mol. The van der Waals surface area contributed by atoms with E-state index in [2.05, 4.69) is 6.92 Å². The van der Waals surface area contributed by atoms with Crippen molar-refractivity contribution in [3.8, 4) is 0 Å². The molecule has 0 aromatic rings. The normalized spacial score (nSPS) is 11.1. The van der Waals surface area contributed by atoms with E-state index in [1.54, 1.807) is 0 Å². The molecule has 0 heterocycles. The Balaban J connectivity index is 0. The third-order valence-corrected chi connectivity index (χ3v) is 4.66. The maximum atomic E-state index is 11.0. The van der Waals surface area contributed by atoms with E-state index in [0.717, 1.165) is 19.3 Å². The number of esters is 1. The van der Waals surface area contributed by atoms with Crippen molar-refractivity contribution < 1.29 is 52.1 Å². The number of hydrogen-bond acceptors (Lipinski definition) is 4. The van der Waals surface area contributed by atoms with Crippen LogP contribution in [0.15, 0.2) is 0 Å². The van der Waals surface area contributed by atoms with Gasteiger partial charge in [-0.15, -0.1) is 0 Å². The molecule has 0 amide bonds. The Bertz CT molecular complexity index is 398. The fourth-order valence-corrected chi connectivity index (χ4v) is 3.05. The topological polar surface area (TPSA) is 80.7 Å². The van der Waals surface area contributed by atoms with Crippen molar-refractivity contribution in [2.24, 2.45) is 0 Å². The second-order valence-corrected chi connectivity index (χ2v) is 8.00. The van der Waals surface area contributed by atoms with Crippen LogP contribution in [0.2, 0.25) is 0 Å². The number of ether oxygens (including phenoxy) is 1. The number of unbranched alkanes of at least 4 members (excludes halogenated alkanes) is 13. The summed E-state index contributed by atoms with van der Waals surface area (Å²) in [5, 5.41) is 0. The molecule has 0 rings (SSSR count). The fraction of sp³-hybridized carbons (Fsp3) is 0.944. The SMILES string of the molecule is CCCCCCCCCCCCCCCCOC(=O)CS(=O)(=O)O.[Na+].